The van der Waals surface area contributed by atoms with Gasteiger partial charge in [-0.05, 0) is 129 Å². The van der Waals surface area contributed by atoms with Crippen molar-refractivity contribution in [1.82, 2.24) is 15.0 Å². The molecule has 0 saturated heterocycles. The maximum Gasteiger partial charge on any atom is 0.187 e. The first-order chi connectivity index (χ1) is 33.6. The molecule has 0 spiro atoms. The minimum atomic E-state index is 0.578. The molecule has 0 fully saturated rings. The van der Waals surface area contributed by atoms with E-state index in [4.69, 9.17) is 21.5 Å². The van der Waals surface area contributed by atoms with Gasteiger partial charge in [-0.3, -0.25) is 0 Å². The molecule has 0 atom stereocenters. The van der Waals surface area contributed by atoms with Gasteiger partial charge in [0.15, 0.2) is 23.2 Å². The second-order valence-corrected chi connectivity index (χ2v) is 17.4. The maximum absolute atomic E-state index is 7.94. The quantitative estimate of drug-likeness (QED) is 0.118. The van der Waals surface area contributed by atoms with E-state index in [1.54, 1.807) is 0 Å². The summed E-state index contributed by atoms with van der Waals surface area (Å²) in [6.45, 7) is 7.94. The van der Waals surface area contributed by atoms with Gasteiger partial charge in [-0.25, -0.2) is 19.8 Å². The first-order valence-corrected chi connectivity index (χ1v) is 22.9. The van der Waals surface area contributed by atoms with Gasteiger partial charge >= 0.3 is 0 Å². The zero-order chi connectivity index (χ0) is 45.1. The first kappa shape index (κ1) is 39.1. The van der Waals surface area contributed by atoms with Crippen LogP contribution in [0.3, 0.4) is 0 Å². The standard InChI is InChI=1S/C64H38N4/c1-65-50-32-34-52(59(39-50)41-29-27-40(28-30-41)44-31-33-55-56-25-11-16-42-17-12-26-57(61(42)56)60(55)37-44)45-18-9-20-48(35-45)63-66-62(43-13-3-2-4-14-43)67-64(68-63)49-21-10-19-46(36-49)58-38-47-15-5-6-22-51(47)53-23-7-8-24-54(53)58/h2-39H. The van der Waals surface area contributed by atoms with Crippen molar-refractivity contribution in [2.45, 2.75) is 0 Å². The average Bonchev–Trinajstić information content (AvgIpc) is 3.74. The lowest BCUT2D eigenvalue weighted by Gasteiger charge is -2.14. The average molecular weight is 863 g/mol. The number of rotatable bonds is 7. The second-order valence-electron chi connectivity index (χ2n) is 17.4. The normalized spacial score (nSPS) is 11.5. The minimum absolute atomic E-state index is 0.578. The first-order valence-electron chi connectivity index (χ1n) is 22.9. The fourth-order valence-corrected chi connectivity index (χ4v) is 10.2. The van der Waals surface area contributed by atoms with E-state index in [2.05, 4.69) is 193 Å². The van der Waals surface area contributed by atoms with Crippen molar-refractivity contribution in [3.63, 3.8) is 0 Å². The molecule has 4 nitrogen and oxygen atoms in total. The van der Waals surface area contributed by atoms with Gasteiger partial charge in [0.05, 0.1) is 6.57 Å². The van der Waals surface area contributed by atoms with Crippen LogP contribution in [-0.4, -0.2) is 15.0 Å². The van der Waals surface area contributed by atoms with Crippen LogP contribution in [0.15, 0.2) is 231 Å². The summed E-state index contributed by atoms with van der Waals surface area (Å²) in [7, 11) is 0. The lowest BCUT2D eigenvalue weighted by molar-refractivity contribution is 1.07. The lowest BCUT2D eigenvalue weighted by Crippen LogP contribution is -2.00. The monoisotopic (exact) mass is 862 g/mol. The molecule has 0 bridgehead atoms. The minimum Gasteiger partial charge on any atom is -0.238 e. The highest BCUT2D eigenvalue weighted by atomic mass is 15.0. The lowest BCUT2D eigenvalue weighted by atomic mass is 9.91. The molecule has 1 heterocycles. The third-order valence-corrected chi connectivity index (χ3v) is 13.5. The zero-order valence-electron chi connectivity index (χ0n) is 36.7. The van der Waals surface area contributed by atoms with Crippen molar-refractivity contribution in [3.8, 4) is 101 Å². The van der Waals surface area contributed by atoms with Gasteiger partial charge in [0.2, 0.25) is 0 Å². The molecule has 314 valence electrons. The van der Waals surface area contributed by atoms with Gasteiger partial charge < -0.3 is 0 Å². The van der Waals surface area contributed by atoms with E-state index in [0.29, 0.717) is 23.2 Å². The molecule has 1 aliphatic carbocycles. The van der Waals surface area contributed by atoms with E-state index in [1.807, 2.05) is 42.5 Å². The summed E-state index contributed by atoms with van der Waals surface area (Å²) >= 11 is 0. The van der Waals surface area contributed by atoms with Gasteiger partial charge in [0, 0.05) is 16.7 Å². The topological polar surface area (TPSA) is 43.0 Å². The van der Waals surface area contributed by atoms with Crippen LogP contribution >= 0.6 is 0 Å². The molecular formula is C64H38N4. The Morgan fingerprint density at radius 2 is 0.794 bits per heavy atom. The predicted octanol–water partition coefficient (Wildman–Crippen LogP) is 17.2. The Balaban J connectivity index is 0.880. The number of aromatic nitrogens is 3. The van der Waals surface area contributed by atoms with Crippen LogP contribution < -0.4 is 0 Å². The van der Waals surface area contributed by atoms with E-state index in [1.165, 1.54) is 60.1 Å². The highest BCUT2D eigenvalue weighted by Crippen LogP contribution is 2.48. The smallest absolute Gasteiger partial charge is 0.187 e. The van der Waals surface area contributed by atoms with E-state index >= 15 is 0 Å². The molecule has 0 radical (unpaired) electrons. The van der Waals surface area contributed by atoms with Crippen molar-refractivity contribution in [3.05, 3.63) is 242 Å². The molecule has 0 N–H and O–H groups in total. The molecule has 11 aromatic carbocycles. The van der Waals surface area contributed by atoms with Crippen molar-refractivity contribution < 1.29 is 0 Å². The molecule has 0 aliphatic heterocycles. The van der Waals surface area contributed by atoms with Gasteiger partial charge in [0.1, 0.15) is 0 Å². The zero-order valence-corrected chi connectivity index (χ0v) is 36.7. The van der Waals surface area contributed by atoms with Crippen molar-refractivity contribution in [2.24, 2.45) is 0 Å². The maximum atomic E-state index is 7.94. The van der Waals surface area contributed by atoms with E-state index in [9.17, 15) is 0 Å². The molecule has 0 amide bonds. The van der Waals surface area contributed by atoms with Crippen molar-refractivity contribution in [1.29, 1.82) is 0 Å². The van der Waals surface area contributed by atoms with Gasteiger partial charge in [-0.2, -0.15) is 0 Å². The molecular weight excluding hydrogens is 825 g/mol. The number of benzene rings is 11. The second kappa shape index (κ2) is 16.0. The number of hydrogen-bond donors (Lipinski definition) is 0. The summed E-state index contributed by atoms with van der Waals surface area (Å²) in [6.07, 6.45) is 0. The van der Waals surface area contributed by atoms with Crippen molar-refractivity contribution >= 4 is 38.0 Å². The summed E-state index contributed by atoms with van der Waals surface area (Å²) in [5.41, 5.74) is 17.0. The number of fused-ring (bicyclic) bond motifs is 6. The van der Waals surface area contributed by atoms with Crippen LogP contribution in [0, 0.1) is 6.57 Å². The fraction of sp³-hybridized carbons (Fsp3) is 0. The summed E-state index contributed by atoms with van der Waals surface area (Å²) in [5.74, 6) is 1.78. The van der Waals surface area contributed by atoms with E-state index < -0.39 is 0 Å². The van der Waals surface area contributed by atoms with Crippen LogP contribution in [0.4, 0.5) is 5.69 Å². The molecule has 1 aliphatic rings. The highest BCUT2D eigenvalue weighted by molar-refractivity contribution is 6.16. The van der Waals surface area contributed by atoms with Crippen LogP contribution in [0.1, 0.15) is 0 Å². The third-order valence-electron chi connectivity index (χ3n) is 13.5. The van der Waals surface area contributed by atoms with Crippen LogP contribution in [0.5, 0.6) is 0 Å². The molecule has 4 heteroatoms. The Hall–Kier alpha value is -9.30. The number of nitrogens with zero attached hydrogens (tertiary/aromatic N) is 4. The predicted molar refractivity (Wildman–Crippen MR) is 281 cm³/mol. The van der Waals surface area contributed by atoms with E-state index in [-0.39, 0.29) is 0 Å². The van der Waals surface area contributed by atoms with Crippen LogP contribution in [-0.2, 0) is 0 Å². The van der Waals surface area contributed by atoms with Crippen LogP contribution in [0.2, 0.25) is 0 Å². The Kier molecular flexibility index (Phi) is 9.20. The van der Waals surface area contributed by atoms with Gasteiger partial charge in [-0.15, -0.1) is 0 Å². The largest absolute Gasteiger partial charge is 0.238 e. The highest BCUT2D eigenvalue weighted by Gasteiger charge is 2.22. The molecule has 12 aromatic rings. The summed E-state index contributed by atoms with van der Waals surface area (Å²) in [5, 5.41) is 7.47. The Bertz CT molecular complexity index is 4030. The molecule has 0 saturated carbocycles. The molecule has 1 aromatic heterocycles. The third kappa shape index (κ3) is 6.65. The number of hydrogen-bond acceptors (Lipinski definition) is 3. The summed E-state index contributed by atoms with van der Waals surface area (Å²) in [6, 6.07) is 81.2. The summed E-state index contributed by atoms with van der Waals surface area (Å²) < 4.78 is 0. The Labute approximate surface area is 394 Å². The molecule has 68 heavy (non-hydrogen) atoms. The Morgan fingerprint density at radius 3 is 1.51 bits per heavy atom. The summed E-state index contributed by atoms with van der Waals surface area (Å²) in [4.78, 5) is 19.3. The molecule has 0 unspecified atom stereocenters. The van der Waals surface area contributed by atoms with Gasteiger partial charge in [-0.1, -0.05) is 200 Å². The van der Waals surface area contributed by atoms with Crippen molar-refractivity contribution in [2.75, 3.05) is 0 Å². The molecule has 13 rings (SSSR count). The van der Waals surface area contributed by atoms with Crippen LogP contribution in [0.25, 0.3) is 138 Å². The van der Waals surface area contributed by atoms with E-state index in [0.717, 1.165) is 55.6 Å². The Morgan fingerprint density at radius 1 is 0.265 bits per heavy atom. The SMILES string of the molecule is [C-]#[N+]c1ccc(-c2cccc(-c3nc(-c4ccccc4)nc(-c4cccc(-c5cc6ccccc6c6ccccc56)c4)n3)c2)c(-c2ccc(-c3ccc4c(c3)-c3cccc5cccc-4c35)cc2)c1. The fourth-order valence-electron chi connectivity index (χ4n) is 10.2. The van der Waals surface area contributed by atoms with Gasteiger partial charge in [0.25, 0.3) is 0 Å².